The van der Waals surface area contributed by atoms with Gasteiger partial charge in [-0.25, -0.2) is 0 Å². The number of hydrogen-bond acceptors (Lipinski definition) is 3. The minimum absolute atomic E-state index is 0.114. The molecule has 0 heterocycles. The molecule has 3 N–H and O–H groups in total. The number of carbonyl (C=O) groups excluding carboxylic acids is 1. The Hall–Kier alpha value is -1.30. The maximum Gasteiger partial charge on any atom is 0.323 e. The second-order valence-electron chi connectivity index (χ2n) is 4.52. The van der Waals surface area contributed by atoms with Gasteiger partial charge in [0.2, 0.25) is 5.91 Å². The van der Waals surface area contributed by atoms with Crippen LogP contribution in [-0.2, 0) is 9.59 Å². The first kappa shape index (κ1) is 16.8. The fourth-order valence-corrected chi connectivity index (χ4v) is 1.70. The third-order valence-electron chi connectivity index (χ3n) is 3.02. The van der Waals surface area contributed by atoms with Gasteiger partial charge in [0.25, 0.3) is 0 Å². The van der Waals surface area contributed by atoms with Crippen molar-refractivity contribution in [3.63, 3.8) is 0 Å². The summed E-state index contributed by atoms with van der Waals surface area (Å²) in [6.45, 7) is 3.15. The normalized spacial score (nSPS) is 13.6. The van der Waals surface area contributed by atoms with Crippen LogP contribution in [0.2, 0.25) is 10.0 Å². The molecule has 0 bridgehead atoms. The summed E-state index contributed by atoms with van der Waals surface area (Å²) in [5.41, 5.74) is -0.630. The van der Waals surface area contributed by atoms with Crippen molar-refractivity contribution >= 4 is 40.8 Å². The van der Waals surface area contributed by atoms with Crippen LogP contribution in [0, 0.1) is 0 Å². The molecule has 1 aromatic rings. The van der Waals surface area contributed by atoms with E-state index in [-0.39, 0.29) is 12.5 Å². The fourth-order valence-electron chi connectivity index (χ4n) is 1.41. The molecule has 1 atom stereocenters. The number of carboxylic acid groups (broad SMARTS) is 1. The van der Waals surface area contributed by atoms with Gasteiger partial charge >= 0.3 is 5.97 Å². The molecule has 1 unspecified atom stereocenters. The van der Waals surface area contributed by atoms with Crippen molar-refractivity contribution in [1.29, 1.82) is 0 Å². The highest BCUT2D eigenvalue weighted by Gasteiger charge is 2.30. The van der Waals surface area contributed by atoms with E-state index in [1.54, 1.807) is 19.1 Å². The van der Waals surface area contributed by atoms with Crippen molar-refractivity contribution in [2.75, 3.05) is 11.9 Å². The molecule has 0 spiro atoms. The Morgan fingerprint density at radius 2 is 1.95 bits per heavy atom. The zero-order chi connectivity index (χ0) is 15.3. The molecule has 0 saturated heterocycles. The molecule has 0 radical (unpaired) electrons. The summed E-state index contributed by atoms with van der Waals surface area (Å²) in [6.07, 6.45) is 0.363. The minimum Gasteiger partial charge on any atom is -0.480 e. The topological polar surface area (TPSA) is 78.4 Å². The van der Waals surface area contributed by atoms with E-state index in [1.165, 1.54) is 13.0 Å². The van der Waals surface area contributed by atoms with Gasteiger partial charge in [-0.3, -0.25) is 14.9 Å². The van der Waals surface area contributed by atoms with Crippen molar-refractivity contribution in [1.82, 2.24) is 5.32 Å². The standard InChI is InChI=1S/C13H16Cl2N2O3/c1-3-13(2,12(19)20)16-7-11(18)17-8-4-5-9(14)10(15)6-8/h4-6,16H,3,7H2,1-2H3,(H,17,18)(H,19,20). The lowest BCUT2D eigenvalue weighted by molar-refractivity contribution is -0.144. The molecule has 0 aromatic heterocycles. The minimum atomic E-state index is -1.13. The molecule has 0 aliphatic heterocycles. The first-order chi connectivity index (χ1) is 9.28. The Kier molecular flexibility index (Phi) is 5.80. The summed E-state index contributed by atoms with van der Waals surface area (Å²) >= 11 is 11.6. The predicted molar refractivity (Wildman–Crippen MR) is 79.4 cm³/mol. The molecule has 110 valence electrons. The molecule has 1 rings (SSSR count). The highest BCUT2D eigenvalue weighted by atomic mass is 35.5. The van der Waals surface area contributed by atoms with E-state index in [0.717, 1.165) is 0 Å². The zero-order valence-corrected chi connectivity index (χ0v) is 12.7. The lowest BCUT2D eigenvalue weighted by Crippen LogP contribution is -2.51. The maximum absolute atomic E-state index is 11.8. The van der Waals surface area contributed by atoms with Crippen LogP contribution in [0.5, 0.6) is 0 Å². The molecule has 1 aromatic carbocycles. The first-order valence-electron chi connectivity index (χ1n) is 6.02. The Bertz CT molecular complexity index is 522. The molecule has 5 nitrogen and oxygen atoms in total. The van der Waals surface area contributed by atoms with Crippen LogP contribution in [0.25, 0.3) is 0 Å². The second-order valence-corrected chi connectivity index (χ2v) is 5.34. The number of rotatable bonds is 6. The Morgan fingerprint density at radius 3 is 2.45 bits per heavy atom. The molecule has 1 amide bonds. The number of anilines is 1. The van der Waals surface area contributed by atoms with Crippen LogP contribution in [0.4, 0.5) is 5.69 Å². The molecule has 0 aliphatic rings. The van der Waals surface area contributed by atoms with Gasteiger partial charge in [0.1, 0.15) is 5.54 Å². The van der Waals surface area contributed by atoms with Gasteiger partial charge in [-0.2, -0.15) is 0 Å². The third kappa shape index (κ3) is 4.37. The van der Waals surface area contributed by atoms with Crippen LogP contribution < -0.4 is 10.6 Å². The van der Waals surface area contributed by atoms with Gasteiger partial charge in [-0.05, 0) is 31.5 Å². The monoisotopic (exact) mass is 318 g/mol. The predicted octanol–water partition coefficient (Wildman–Crippen LogP) is 2.77. The number of nitrogens with one attached hydrogen (secondary N) is 2. The van der Waals surface area contributed by atoms with Gasteiger partial charge in [0, 0.05) is 5.69 Å². The first-order valence-corrected chi connectivity index (χ1v) is 6.77. The lowest BCUT2D eigenvalue weighted by Gasteiger charge is -2.24. The van der Waals surface area contributed by atoms with Crippen LogP contribution in [-0.4, -0.2) is 29.1 Å². The highest BCUT2D eigenvalue weighted by molar-refractivity contribution is 6.42. The van der Waals surface area contributed by atoms with Gasteiger partial charge in [0.15, 0.2) is 0 Å². The molecule has 0 saturated carbocycles. The number of carboxylic acids is 1. The van der Waals surface area contributed by atoms with Crippen molar-refractivity contribution in [3.8, 4) is 0 Å². The molecule has 0 fully saturated rings. The fraction of sp³-hybridized carbons (Fsp3) is 0.385. The summed E-state index contributed by atoms with van der Waals surface area (Å²) in [4.78, 5) is 22.8. The smallest absolute Gasteiger partial charge is 0.323 e. The summed E-state index contributed by atoms with van der Waals surface area (Å²) in [5.74, 6) is -1.35. The number of carbonyl (C=O) groups is 2. The molecular weight excluding hydrogens is 303 g/mol. The van der Waals surface area contributed by atoms with Gasteiger partial charge in [-0.1, -0.05) is 30.1 Å². The summed E-state index contributed by atoms with van der Waals surface area (Å²) in [5, 5.41) is 15.1. The van der Waals surface area contributed by atoms with Gasteiger partial charge in [0.05, 0.1) is 16.6 Å². The highest BCUT2D eigenvalue weighted by Crippen LogP contribution is 2.24. The number of aliphatic carboxylic acids is 1. The molecular formula is C13H16Cl2N2O3. The van der Waals surface area contributed by atoms with Gasteiger partial charge in [-0.15, -0.1) is 0 Å². The molecule has 20 heavy (non-hydrogen) atoms. The molecule has 0 aliphatic carbocycles. The van der Waals surface area contributed by atoms with Crippen molar-refractivity contribution in [2.24, 2.45) is 0 Å². The van der Waals surface area contributed by atoms with Gasteiger partial charge < -0.3 is 10.4 Å². The Morgan fingerprint density at radius 1 is 1.30 bits per heavy atom. The quantitative estimate of drug-likeness (QED) is 0.753. The van der Waals surface area contributed by atoms with Crippen LogP contribution in [0.3, 0.4) is 0 Å². The maximum atomic E-state index is 11.8. The SMILES string of the molecule is CCC(C)(NCC(=O)Nc1ccc(Cl)c(Cl)c1)C(=O)O. The van der Waals surface area contributed by atoms with E-state index < -0.39 is 11.5 Å². The summed E-state index contributed by atoms with van der Waals surface area (Å²) in [6, 6.07) is 4.71. The summed E-state index contributed by atoms with van der Waals surface area (Å²) in [7, 11) is 0. The van der Waals surface area contributed by atoms with Crippen LogP contribution in [0.1, 0.15) is 20.3 Å². The Labute approximate surface area is 127 Å². The van der Waals surface area contributed by atoms with Crippen LogP contribution >= 0.6 is 23.2 Å². The number of amides is 1. The van der Waals surface area contributed by atoms with E-state index in [9.17, 15) is 9.59 Å². The van der Waals surface area contributed by atoms with E-state index >= 15 is 0 Å². The van der Waals surface area contributed by atoms with E-state index in [2.05, 4.69) is 10.6 Å². The summed E-state index contributed by atoms with van der Waals surface area (Å²) < 4.78 is 0. The number of benzene rings is 1. The van der Waals surface area contributed by atoms with Crippen molar-refractivity contribution in [3.05, 3.63) is 28.2 Å². The number of hydrogen-bond donors (Lipinski definition) is 3. The average molecular weight is 319 g/mol. The van der Waals surface area contributed by atoms with E-state index in [1.807, 2.05) is 0 Å². The third-order valence-corrected chi connectivity index (χ3v) is 3.76. The van der Waals surface area contributed by atoms with Crippen molar-refractivity contribution < 1.29 is 14.7 Å². The van der Waals surface area contributed by atoms with Crippen LogP contribution in [0.15, 0.2) is 18.2 Å². The lowest BCUT2D eigenvalue weighted by atomic mass is 9.99. The average Bonchev–Trinajstić information content (AvgIpc) is 2.40. The van der Waals surface area contributed by atoms with E-state index in [0.29, 0.717) is 22.2 Å². The Balaban J connectivity index is 2.60. The number of halogens is 2. The molecule has 7 heteroatoms. The van der Waals surface area contributed by atoms with Crippen molar-refractivity contribution in [2.45, 2.75) is 25.8 Å². The van der Waals surface area contributed by atoms with E-state index in [4.69, 9.17) is 28.3 Å². The largest absolute Gasteiger partial charge is 0.480 e. The second kappa shape index (κ2) is 6.92. The zero-order valence-electron chi connectivity index (χ0n) is 11.2.